The van der Waals surface area contributed by atoms with Crippen molar-refractivity contribution in [2.24, 2.45) is 0 Å². The molecular weight excluding hydrogens is 312 g/mol. The molecule has 0 amide bonds. The zero-order chi connectivity index (χ0) is 17.6. The van der Waals surface area contributed by atoms with Crippen LogP contribution in [0, 0.1) is 0 Å². The van der Waals surface area contributed by atoms with Gasteiger partial charge in [-0.3, -0.25) is 4.39 Å². The molecule has 1 unspecified atom stereocenters. The molecule has 0 aromatic rings. The Labute approximate surface area is 135 Å². The maximum Gasteiger partial charge on any atom is 0.113 e. The molecule has 22 heavy (non-hydrogen) atoms. The van der Waals surface area contributed by atoms with Crippen LogP contribution >= 0.6 is 0 Å². The topological polar surface area (TPSA) is 57.2 Å². The minimum atomic E-state index is -4.47. The van der Waals surface area contributed by atoms with E-state index in [-0.39, 0.29) is 6.42 Å². The van der Waals surface area contributed by atoms with Gasteiger partial charge >= 0.3 is 0 Å². The lowest BCUT2D eigenvalue weighted by atomic mass is 10.1. The molecule has 4 nitrogen and oxygen atoms in total. The van der Waals surface area contributed by atoms with Gasteiger partial charge in [0.25, 0.3) is 0 Å². The Kier molecular flexibility index (Phi) is 14.4. The first-order chi connectivity index (χ1) is 10.2. The highest BCUT2D eigenvalue weighted by Gasteiger charge is 2.16. The van der Waals surface area contributed by atoms with Crippen molar-refractivity contribution < 1.29 is 26.2 Å². The standard InChI is InChI=1S/C8H20N.C7H14F2O3S/c1-5-9(6-2,7-3)8-4;8-5-3-1-2-4-7(9)6-13(10,11)12/h5-8H2,1-4H3;7H,1-6H2,(H,10,11,12)/q+1;/p-1. The van der Waals surface area contributed by atoms with Gasteiger partial charge in [-0.25, -0.2) is 12.8 Å². The number of nitrogens with zero attached hydrogens (tertiary/aromatic N) is 1. The van der Waals surface area contributed by atoms with E-state index in [9.17, 15) is 21.8 Å². The van der Waals surface area contributed by atoms with Gasteiger partial charge in [0.1, 0.15) is 6.17 Å². The number of hydrogen-bond acceptors (Lipinski definition) is 3. The molecule has 0 radical (unpaired) electrons. The van der Waals surface area contributed by atoms with Crippen LogP contribution < -0.4 is 0 Å². The Morgan fingerprint density at radius 1 is 0.955 bits per heavy atom. The van der Waals surface area contributed by atoms with E-state index in [0.717, 1.165) is 0 Å². The van der Waals surface area contributed by atoms with Crippen LogP contribution in [0.4, 0.5) is 8.78 Å². The Bertz CT molecular complexity index is 329. The highest BCUT2D eigenvalue weighted by molar-refractivity contribution is 7.85. The molecule has 0 saturated heterocycles. The lowest BCUT2D eigenvalue weighted by Crippen LogP contribution is -2.47. The average molecular weight is 345 g/mol. The Morgan fingerprint density at radius 3 is 1.68 bits per heavy atom. The average Bonchev–Trinajstić information content (AvgIpc) is 2.46. The summed E-state index contributed by atoms with van der Waals surface area (Å²) in [5.41, 5.74) is 0. The van der Waals surface area contributed by atoms with Crippen LogP contribution in [0.1, 0.15) is 53.4 Å². The van der Waals surface area contributed by atoms with Crippen molar-refractivity contribution in [3.05, 3.63) is 0 Å². The number of rotatable bonds is 11. The van der Waals surface area contributed by atoms with Gasteiger partial charge in [0.05, 0.1) is 48.7 Å². The molecule has 0 aromatic carbocycles. The van der Waals surface area contributed by atoms with Crippen molar-refractivity contribution in [3.63, 3.8) is 0 Å². The van der Waals surface area contributed by atoms with Gasteiger partial charge in [0.2, 0.25) is 0 Å². The second-order valence-corrected chi connectivity index (χ2v) is 6.92. The molecule has 7 heteroatoms. The fraction of sp³-hybridized carbons (Fsp3) is 1.00. The van der Waals surface area contributed by atoms with E-state index in [1.54, 1.807) is 0 Å². The van der Waals surface area contributed by atoms with Crippen LogP contribution in [0.15, 0.2) is 0 Å². The molecule has 0 aliphatic heterocycles. The first-order valence-electron chi connectivity index (χ1n) is 8.18. The summed E-state index contributed by atoms with van der Waals surface area (Å²) in [6.07, 6.45) is -0.295. The molecule has 1 atom stereocenters. The van der Waals surface area contributed by atoms with E-state index < -0.39 is 28.7 Å². The smallest absolute Gasteiger partial charge is 0.113 e. The Balaban J connectivity index is 0. The summed E-state index contributed by atoms with van der Waals surface area (Å²) < 4.78 is 55.7. The molecule has 0 aliphatic carbocycles. The van der Waals surface area contributed by atoms with Crippen molar-refractivity contribution in [3.8, 4) is 0 Å². The highest BCUT2D eigenvalue weighted by Crippen LogP contribution is 2.08. The third kappa shape index (κ3) is 13.4. The minimum absolute atomic E-state index is 0.0153. The van der Waals surface area contributed by atoms with Crippen molar-refractivity contribution in [1.82, 2.24) is 0 Å². The second kappa shape index (κ2) is 13.2. The van der Waals surface area contributed by atoms with Crippen LogP contribution in [0.25, 0.3) is 0 Å². The summed E-state index contributed by atoms with van der Waals surface area (Å²) in [5, 5.41) is 0. The van der Waals surface area contributed by atoms with E-state index in [1.165, 1.54) is 30.7 Å². The highest BCUT2D eigenvalue weighted by atomic mass is 32.2. The molecular formula is C15H33F2NO3S. The number of quaternary nitrogens is 1. The fourth-order valence-electron chi connectivity index (χ4n) is 2.28. The molecule has 0 heterocycles. The maximum atomic E-state index is 12.7. The van der Waals surface area contributed by atoms with Crippen molar-refractivity contribution >= 4 is 10.1 Å². The van der Waals surface area contributed by atoms with E-state index >= 15 is 0 Å². The molecule has 0 spiro atoms. The van der Waals surface area contributed by atoms with Gasteiger partial charge in [0, 0.05) is 0 Å². The molecule has 0 aliphatic rings. The number of alkyl halides is 2. The zero-order valence-electron chi connectivity index (χ0n) is 14.5. The number of unbranched alkanes of at least 4 members (excludes halogenated alkanes) is 2. The van der Waals surface area contributed by atoms with E-state index in [0.29, 0.717) is 19.3 Å². The largest absolute Gasteiger partial charge is 0.748 e. The third-order valence-corrected chi connectivity index (χ3v) is 4.99. The summed E-state index contributed by atoms with van der Waals surface area (Å²) in [4.78, 5) is 0. The van der Waals surface area contributed by atoms with Crippen molar-refractivity contribution in [2.75, 3.05) is 38.6 Å². The Hall–Kier alpha value is -0.270. The lowest BCUT2D eigenvalue weighted by Gasteiger charge is -2.34. The first kappa shape index (κ1) is 24.0. The van der Waals surface area contributed by atoms with Crippen LogP contribution in [-0.2, 0) is 10.1 Å². The summed E-state index contributed by atoms with van der Waals surface area (Å²) >= 11 is 0. The molecule has 0 rings (SSSR count). The van der Waals surface area contributed by atoms with Gasteiger partial charge in [-0.1, -0.05) is 12.8 Å². The van der Waals surface area contributed by atoms with Gasteiger partial charge in [-0.05, 0) is 40.5 Å². The third-order valence-electron chi connectivity index (χ3n) is 4.22. The molecule has 0 bridgehead atoms. The van der Waals surface area contributed by atoms with Gasteiger partial charge in [-0.15, -0.1) is 0 Å². The van der Waals surface area contributed by atoms with Gasteiger partial charge < -0.3 is 9.04 Å². The molecule has 0 fully saturated rings. The SMILES string of the molecule is CC[N+](CC)(CC)CC.O=S(=O)([O-])CC(F)CCCCCF. The van der Waals surface area contributed by atoms with E-state index in [2.05, 4.69) is 27.7 Å². The normalized spacial score (nSPS) is 13.4. The van der Waals surface area contributed by atoms with Gasteiger partial charge in [-0.2, -0.15) is 0 Å². The first-order valence-corrected chi connectivity index (χ1v) is 9.76. The second-order valence-electron chi connectivity index (χ2n) is 5.47. The molecule has 0 saturated carbocycles. The summed E-state index contributed by atoms with van der Waals surface area (Å²) in [6, 6.07) is 0. The maximum absolute atomic E-state index is 12.7. The number of halogens is 2. The monoisotopic (exact) mass is 345 g/mol. The van der Waals surface area contributed by atoms with Crippen LogP contribution in [0.3, 0.4) is 0 Å². The van der Waals surface area contributed by atoms with Crippen molar-refractivity contribution in [2.45, 2.75) is 59.5 Å². The van der Waals surface area contributed by atoms with E-state index in [1.807, 2.05) is 0 Å². The molecule has 136 valence electrons. The predicted molar refractivity (Wildman–Crippen MR) is 86.3 cm³/mol. The molecule has 0 aromatic heterocycles. The zero-order valence-corrected chi connectivity index (χ0v) is 15.3. The predicted octanol–water partition coefficient (Wildman–Crippen LogP) is 3.28. The van der Waals surface area contributed by atoms with Crippen LogP contribution in [0.2, 0.25) is 0 Å². The number of hydrogen-bond donors (Lipinski definition) is 0. The minimum Gasteiger partial charge on any atom is -0.748 e. The lowest BCUT2D eigenvalue weighted by molar-refractivity contribution is -0.921. The summed E-state index contributed by atoms with van der Waals surface area (Å²) in [5.74, 6) is -0.970. The van der Waals surface area contributed by atoms with E-state index in [4.69, 9.17) is 0 Å². The quantitative estimate of drug-likeness (QED) is 0.328. The molecule has 0 N–H and O–H groups in total. The van der Waals surface area contributed by atoms with Crippen molar-refractivity contribution in [1.29, 1.82) is 0 Å². The van der Waals surface area contributed by atoms with Gasteiger partial charge in [0.15, 0.2) is 0 Å². The Morgan fingerprint density at radius 2 is 1.41 bits per heavy atom. The summed E-state index contributed by atoms with van der Waals surface area (Å²) in [6.45, 7) is 13.8. The summed E-state index contributed by atoms with van der Waals surface area (Å²) in [7, 11) is -4.47. The van der Waals surface area contributed by atoms with Crippen LogP contribution in [-0.4, -0.2) is 62.2 Å². The fourth-order valence-corrected chi connectivity index (χ4v) is 2.89. The van der Waals surface area contributed by atoms with Crippen LogP contribution in [0.5, 0.6) is 0 Å².